The number of likely N-dealkylation sites (tertiary alicyclic amines) is 1. The van der Waals surface area contributed by atoms with Gasteiger partial charge in [-0.25, -0.2) is 0 Å². The highest BCUT2D eigenvalue weighted by atomic mass is 16.2. The van der Waals surface area contributed by atoms with E-state index in [0.717, 1.165) is 6.42 Å². The van der Waals surface area contributed by atoms with E-state index in [4.69, 9.17) is 0 Å². The summed E-state index contributed by atoms with van der Waals surface area (Å²) in [6, 6.07) is 4.91. The predicted molar refractivity (Wildman–Crippen MR) is 83.2 cm³/mol. The van der Waals surface area contributed by atoms with E-state index in [-0.39, 0.29) is 29.0 Å². The minimum absolute atomic E-state index is 0.0317. The molecule has 0 bridgehead atoms. The van der Waals surface area contributed by atoms with Crippen molar-refractivity contribution in [3.05, 3.63) is 46.5 Å². The van der Waals surface area contributed by atoms with Gasteiger partial charge in [0.25, 0.3) is 11.5 Å². The number of nitrogens with zero attached hydrogens (tertiary/aromatic N) is 3. The van der Waals surface area contributed by atoms with E-state index < -0.39 is 0 Å². The zero-order valence-electron chi connectivity index (χ0n) is 12.7. The number of hydrogen-bond donors (Lipinski definition) is 2. The Balaban J connectivity index is 1.70. The fourth-order valence-corrected chi connectivity index (χ4v) is 2.69. The van der Waals surface area contributed by atoms with Crippen LogP contribution >= 0.6 is 0 Å². The number of H-pyrrole nitrogens is 1. The molecule has 8 nitrogen and oxygen atoms in total. The Morgan fingerprint density at radius 3 is 2.96 bits per heavy atom. The van der Waals surface area contributed by atoms with Crippen LogP contribution in [0, 0.1) is 0 Å². The normalized spacial score (nSPS) is 17.3. The molecule has 1 aliphatic rings. The fraction of sp³-hybridized carbons (Fsp3) is 0.333. The highest BCUT2D eigenvalue weighted by molar-refractivity contribution is 5.94. The van der Waals surface area contributed by atoms with E-state index in [1.807, 2.05) is 0 Å². The van der Waals surface area contributed by atoms with Crippen molar-refractivity contribution in [1.82, 2.24) is 19.7 Å². The number of nitrogens with one attached hydrogen (secondary N) is 2. The zero-order valence-corrected chi connectivity index (χ0v) is 12.7. The van der Waals surface area contributed by atoms with Crippen LogP contribution in [0.1, 0.15) is 29.7 Å². The summed E-state index contributed by atoms with van der Waals surface area (Å²) in [5.74, 6) is 0.0344. The molecule has 120 valence electrons. The Morgan fingerprint density at radius 1 is 1.39 bits per heavy atom. The molecule has 1 saturated heterocycles. The standard InChI is InChI=1S/C15H17N5O3/c1-10(21)17-13-5-8-20(18-13)11-4-7-19(9-11)15(23)12-3-2-6-16-14(12)22/h2-3,5-6,8,11H,4,7,9H2,1H3,(H,16,22)(H,17,18,21)/t11-/m1/s1. The van der Waals surface area contributed by atoms with Gasteiger partial charge < -0.3 is 15.2 Å². The molecule has 0 saturated carbocycles. The molecule has 2 aromatic rings. The van der Waals surface area contributed by atoms with Crippen LogP contribution in [0.25, 0.3) is 0 Å². The molecule has 0 aromatic carbocycles. The molecule has 1 aliphatic heterocycles. The van der Waals surface area contributed by atoms with Crippen LogP contribution in [0.2, 0.25) is 0 Å². The van der Waals surface area contributed by atoms with Gasteiger partial charge in [-0.2, -0.15) is 5.10 Å². The van der Waals surface area contributed by atoms with Gasteiger partial charge in [-0.05, 0) is 18.6 Å². The second kappa shape index (κ2) is 6.07. The Kier molecular flexibility index (Phi) is 3.96. The van der Waals surface area contributed by atoms with Gasteiger partial charge in [-0.15, -0.1) is 0 Å². The molecule has 8 heteroatoms. The quantitative estimate of drug-likeness (QED) is 0.867. The highest BCUT2D eigenvalue weighted by Gasteiger charge is 2.29. The van der Waals surface area contributed by atoms with Crippen LogP contribution in [0.5, 0.6) is 0 Å². The third-order valence-corrected chi connectivity index (χ3v) is 3.79. The number of aromatic nitrogens is 3. The molecule has 23 heavy (non-hydrogen) atoms. The molecule has 0 radical (unpaired) electrons. The lowest BCUT2D eigenvalue weighted by atomic mass is 10.2. The van der Waals surface area contributed by atoms with Gasteiger partial charge in [0.2, 0.25) is 5.91 Å². The van der Waals surface area contributed by atoms with E-state index in [2.05, 4.69) is 15.4 Å². The van der Waals surface area contributed by atoms with Crippen molar-refractivity contribution in [3.8, 4) is 0 Å². The van der Waals surface area contributed by atoms with Gasteiger partial charge in [0.1, 0.15) is 5.56 Å². The average molecular weight is 315 g/mol. The lowest BCUT2D eigenvalue weighted by molar-refractivity contribution is -0.114. The monoisotopic (exact) mass is 315 g/mol. The molecule has 3 rings (SSSR count). The number of rotatable bonds is 3. The number of amides is 2. The third kappa shape index (κ3) is 3.15. The molecule has 0 aliphatic carbocycles. The number of aromatic amines is 1. The summed E-state index contributed by atoms with van der Waals surface area (Å²) in [7, 11) is 0. The summed E-state index contributed by atoms with van der Waals surface area (Å²) in [6.07, 6.45) is 4.02. The average Bonchev–Trinajstić information content (AvgIpc) is 3.15. The van der Waals surface area contributed by atoms with Gasteiger partial charge in [0.05, 0.1) is 6.04 Å². The molecule has 2 aromatic heterocycles. The summed E-state index contributed by atoms with van der Waals surface area (Å²) in [5, 5.41) is 6.91. The first kappa shape index (κ1) is 15.0. The van der Waals surface area contributed by atoms with Gasteiger partial charge >= 0.3 is 0 Å². The van der Waals surface area contributed by atoms with Crippen LogP contribution in [-0.2, 0) is 4.79 Å². The molecule has 2 N–H and O–H groups in total. The lowest BCUT2D eigenvalue weighted by Gasteiger charge is -2.16. The third-order valence-electron chi connectivity index (χ3n) is 3.79. The second-order valence-electron chi connectivity index (χ2n) is 5.47. The molecule has 0 unspecified atom stereocenters. The van der Waals surface area contributed by atoms with Gasteiger partial charge in [-0.3, -0.25) is 19.1 Å². The first-order valence-electron chi connectivity index (χ1n) is 7.34. The maximum atomic E-state index is 12.4. The number of anilines is 1. The molecule has 1 fully saturated rings. The number of hydrogen-bond acceptors (Lipinski definition) is 4. The second-order valence-corrected chi connectivity index (χ2v) is 5.47. The maximum absolute atomic E-state index is 12.4. The van der Waals surface area contributed by atoms with Crippen molar-refractivity contribution in [2.24, 2.45) is 0 Å². The molecule has 1 atom stereocenters. The Hall–Kier alpha value is -2.90. The largest absolute Gasteiger partial charge is 0.336 e. The molecule has 3 heterocycles. The van der Waals surface area contributed by atoms with Crippen molar-refractivity contribution in [2.75, 3.05) is 18.4 Å². The molecular formula is C15H17N5O3. The van der Waals surface area contributed by atoms with E-state index in [1.54, 1.807) is 27.9 Å². The summed E-state index contributed by atoms with van der Waals surface area (Å²) in [6.45, 7) is 2.47. The van der Waals surface area contributed by atoms with Crippen LogP contribution < -0.4 is 10.9 Å². The van der Waals surface area contributed by atoms with Crippen molar-refractivity contribution >= 4 is 17.6 Å². The first-order chi connectivity index (χ1) is 11.0. The van der Waals surface area contributed by atoms with Crippen LogP contribution in [0.3, 0.4) is 0 Å². The summed E-state index contributed by atoms with van der Waals surface area (Å²) in [4.78, 5) is 39.3. The van der Waals surface area contributed by atoms with Crippen molar-refractivity contribution in [3.63, 3.8) is 0 Å². The maximum Gasteiger partial charge on any atom is 0.260 e. The number of pyridine rings is 1. The summed E-state index contributed by atoms with van der Waals surface area (Å²) >= 11 is 0. The molecular weight excluding hydrogens is 298 g/mol. The Morgan fingerprint density at radius 2 is 2.22 bits per heavy atom. The SMILES string of the molecule is CC(=O)Nc1ccn([C@@H]2CCN(C(=O)c3ccc[nH]c3=O)C2)n1. The molecule has 0 spiro atoms. The van der Waals surface area contributed by atoms with E-state index in [0.29, 0.717) is 18.9 Å². The van der Waals surface area contributed by atoms with E-state index >= 15 is 0 Å². The van der Waals surface area contributed by atoms with E-state index in [9.17, 15) is 14.4 Å². The first-order valence-corrected chi connectivity index (χ1v) is 7.34. The van der Waals surface area contributed by atoms with Crippen LogP contribution in [-0.4, -0.2) is 44.6 Å². The summed E-state index contributed by atoms with van der Waals surface area (Å²) in [5.41, 5.74) is -0.236. The van der Waals surface area contributed by atoms with Crippen molar-refractivity contribution in [2.45, 2.75) is 19.4 Å². The number of carbonyl (C=O) groups excluding carboxylic acids is 2. The van der Waals surface area contributed by atoms with Crippen LogP contribution in [0.4, 0.5) is 5.82 Å². The predicted octanol–water partition coefficient (Wildman–Crippen LogP) is 0.617. The molecule has 2 amide bonds. The Bertz CT molecular complexity index is 794. The van der Waals surface area contributed by atoms with E-state index in [1.165, 1.54) is 19.2 Å². The van der Waals surface area contributed by atoms with Gasteiger partial charge in [-0.1, -0.05) is 0 Å². The Labute approximate surface area is 132 Å². The van der Waals surface area contributed by atoms with Crippen molar-refractivity contribution in [1.29, 1.82) is 0 Å². The zero-order chi connectivity index (χ0) is 16.4. The number of carbonyl (C=O) groups is 2. The minimum Gasteiger partial charge on any atom is -0.336 e. The summed E-state index contributed by atoms with van der Waals surface area (Å²) < 4.78 is 1.74. The fourth-order valence-electron chi connectivity index (χ4n) is 2.69. The minimum atomic E-state index is -0.381. The topological polar surface area (TPSA) is 100 Å². The van der Waals surface area contributed by atoms with Crippen molar-refractivity contribution < 1.29 is 9.59 Å². The van der Waals surface area contributed by atoms with Gasteiger partial charge in [0, 0.05) is 38.5 Å². The van der Waals surface area contributed by atoms with Gasteiger partial charge in [0.15, 0.2) is 5.82 Å². The highest BCUT2D eigenvalue weighted by Crippen LogP contribution is 2.22. The lowest BCUT2D eigenvalue weighted by Crippen LogP contribution is -2.33. The smallest absolute Gasteiger partial charge is 0.260 e. The van der Waals surface area contributed by atoms with Crippen LogP contribution in [0.15, 0.2) is 35.4 Å².